The molecule has 0 aromatic heterocycles. The fourth-order valence-corrected chi connectivity index (χ4v) is 3.93. The predicted octanol–water partition coefficient (Wildman–Crippen LogP) is 4.20. The van der Waals surface area contributed by atoms with Crippen LogP contribution in [0.2, 0.25) is 5.02 Å². The van der Waals surface area contributed by atoms with Crippen molar-refractivity contribution in [3.63, 3.8) is 0 Å². The van der Waals surface area contributed by atoms with Crippen LogP contribution >= 0.6 is 27.5 Å². The molecule has 4 heteroatoms. The summed E-state index contributed by atoms with van der Waals surface area (Å²) in [5.74, 6) is 0. The highest BCUT2D eigenvalue weighted by atomic mass is 79.9. The number of hydrogen-bond acceptors (Lipinski definition) is 2. The molecule has 110 valence electrons. The van der Waals surface area contributed by atoms with Crippen LogP contribution in [0.4, 0.5) is 0 Å². The molecule has 2 N–H and O–H groups in total. The highest BCUT2D eigenvalue weighted by Crippen LogP contribution is 2.41. The minimum Gasteiger partial charge on any atom is -0.383 e. The van der Waals surface area contributed by atoms with Gasteiger partial charge in [0, 0.05) is 15.1 Å². The van der Waals surface area contributed by atoms with Crippen molar-refractivity contribution in [3.8, 4) is 0 Å². The normalized spacial score (nSPS) is 20.7. The predicted molar refractivity (Wildman–Crippen MR) is 89.6 cm³/mol. The van der Waals surface area contributed by atoms with Crippen LogP contribution in [0.15, 0.2) is 46.9 Å². The Kier molecular flexibility index (Phi) is 4.10. The maximum absolute atomic E-state index is 11.2. The van der Waals surface area contributed by atoms with E-state index in [9.17, 15) is 5.11 Å². The number of rotatable bonds is 2. The Hall–Kier alpha value is -0.870. The third-order valence-corrected chi connectivity index (χ3v) is 4.95. The minimum absolute atomic E-state index is 0.166. The first-order valence-electron chi connectivity index (χ1n) is 6.99. The summed E-state index contributed by atoms with van der Waals surface area (Å²) in [6, 6.07) is 13.7. The molecule has 0 spiro atoms. The van der Waals surface area contributed by atoms with Gasteiger partial charge < -0.3 is 10.4 Å². The molecule has 0 radical (unpaired) electrons. The SMILES string of the molecule is CC(O)(c1ccc(Br)cc1Cl)C1NCCc2ccccc21. The zero-order chi connectivity index (χ0) is 15.0. The van der Waals surface area contributed by atoms with Crippen LogP contribution < -0.4 is 5.32 Å². The Morgan fingerprint density at radius 2 is 2.05 bits per heavy atom. The molecule has 0 saturated heterocycles. The highest BCUT2D eigenvalue weighted by molar-refractivity contribution is 9.10. The van der Waals surface area contributed by atoms with Gasteiger partial charge in [0.25, 0.3) is 0 Å². The average Bonchev–Trinajstić information content (AvgIpc) is 2.46. The second kappa shape index (κ2) is 5.73. The molecule has 21 heavy (non-hydrogen) atoms. The second-order valence-corrected chi connectivity index (χ2v) is 6.93. The number of aliphatic hydroxyl groups is 1. The van der Waals surface area contributed by atoms with Crippen molar-refractivity contribution in [2.75, 3.05) is 6.54 Å². The number of fused-ring (bicyclic) bond motifs is 1. The summed E-state index contributed by atoms with van der Waals surface area (Å²) in [5, 5.41) is 15.2. The van der Waals surface area contributed by atoms with E-state index in [2.05, 4.69) is 33.4 Å². The quantitative estimate of drug-likeness (QED) is 0.835. The lowest BCUT2D eigenvalue weighted by molar-refractivity contribution is 0.0119. The standard InChI is InChI=1S/C17H17BrClNO/c1-17(21,14-7-6-12(18)10-15(14)19)16-13-5-3-2-4-11(13)8-9-20-16/h2-7,10,16,20-21H,8-9H2,1H3. The molecule has 2 unspecified atom stereocenters. The first-order valence-corrected chi connectivity index (χ1v) is 8.16. The number of halogens is 2. The molecular weight excluding hydrogens is 350 g/mol. The van der Waals surface area contributed by atoms with E-state index in [0.29, 0.717) is 5.02 Å². The molecule has 3 rings (SSSR count). The second-order valence-electron chi connectivity index (χ2n) is 5.61. The Bertz CT molecular complexity index is 672. The van der Waals surface area contributed by atoms with Gasteiger partial charge in [-0.2, -0.15) is 0 Å². The minimum atomic E-state index is -1.08. The summed E-state index contributed by atoms with van der Waals surface area (Å²) in [7, 11) is 0. The lowest BCUT2D eigenvalue weighted by Crippen LogP contribution is -2.43. The van der Waals surface area contributed by atoms with Crippen molar-refractivity contribution in [1.82, 2.24) is 5.32 Å². The molecule has 2 aromatic carbocycles. The van der Waals surface area contributed by atoms with E-state index in [1.165, 1.54) is 5.56 Å². The van der Waals surface area contributed by atoms with Crippen LogP contribution in [0.5, 0.6) is 0 Å². The van der Waals surface area contributed by atoms with E-state index in [1.54, 1.807) is 0 Å². The molecule has 2 aromatic rings. The van der Waals surface area contributed by atoms with Crippen molar-refractivity contribution in [2.24, 2.45) is 0 Å². The van der Waals surface area contributed by atoms with Crippen molar-refractivity contribution >= 4 is 27.5 Å². The number of benzene rings is 2. The van der Waals surface area contributed by atoms with Gasteiger partial charge in [-0.3, -0.25) is 0 Å². The Morgan fingerprint density at radius 3 is 2.81 bits per heavy atom. The molecule has 0 bridgehead atoms. The first kappa shape index (κ1) is 15.0. The highest BCUT2D eigenvalue weighted by Gasteiger charge is 2.38. The van der Waals surface area contributed by atoms with Gasteiger partial charge in [-0.05, 0) is 43.1 Å². The van der Waals surface area contributed by atoms with Crippen LogP contribution in [0, 0.1) is 0 Å². The van der Waals surface area contributed by atoms with E-state index in [1.807, 2.05) is 37.3 Å². The van der Waals surface area contributed by atoms with Crippen molar-refractivity contribution < 1.29 is 5.11 Å². The van der Waals surface area contributed by atoms with E-state index < -0.39 is 5.60 Å². The van der Waals surface area contributed by atoms with Gasteiger partial charge in [0.15, 0.2) is 0 Å². The van der Waals surface area contributed by atoms with Gasteiger partial charge in [-0.1, -0.05) is 57.9 Å². The van der Waals surface area contributed by atoms with Crippen molar-refractivity contribution in [1.29, 1.82) is 0 Å². The third-order valence-electron chi connectivity index (χ3n) is 4.15. The van der Waals surface area contributed by atoms with Gasteiger partial charge in [-0.25, -0.2) is 0 Å². The van der Waals surface area contributed by atoms with Crippen LogP contribution in [-0.2, 0) is 12.0 Å². The molecule has 0 amide bonds. The maximum atomic E-state index is 11.2. The Morgan fingerprint density at radius 1 is 1.29 bits per heavy atom. The molecule has 0 saturated carbocycles. The molecule has 2 atom stereocenters. The van der Waals surface area contributed by atoms with E-state index >= 15 is 0 Å². The molecule has 0 aliphatic carbocycles. The average molecular weight is 367 g/mol. The van der Waals surface area contributed by atoms with E-state index in [0.717, 1.165) is 28.6 Å². The lowest BCUT2D eigenvalue weighted by atomic mass is 9.80. The van der Waals surface area contributed by atoms with Crippen LogP contribution in [0.3, 0.4) is 0 Å². The zero-order valence-electron chi connectivity index (χ0n) is 11.7. The maximum Gasteiger partial charge on any atom is 0.108 e. The third kappa shape index (κ3) is 2.76. The monoisotopic (exact) mass is 365 g/mol. The summed E-state index contributed by atoms with van der Waals surface area (Å²) in [5.41, 5.74) is 2.10. The first-order chi connectivity index (χ1) is 10.00. The summed E-state index contributed by atoms with van der Waals surface area (Å²) in [6.07, 6.45) is 0.983. The zero-order valence-corrected chi connectivity index (χ0v) is 14.1. The summed E-state index contributed by atoms with van der Waals surface area (Å²) >= 11 is 9.75. The molecule has 2 nitrogen and oxygen atoms in total. The molecule has 1 aliphatic rings. The van der Waals surface area contributed by atoms with Crippen LogP contribution in [0.25, 0.3) is 0 Å². The van der Waals surface area contributed by atoms with Gasteiger partial charge in [0.2, 0.25) is 0 Å². The van der Waals surface area contributed by atoms with Gasteiger partial charge in [0.1, 0.15) is 5.60 Å². The largest absolute Gasteiger partial charge is 0.383 e. The lowest BCUT2D eigenvalue weighted by Gasteiger charge is -2.38. The molecule has 1 aliphatic heterocycles. The fourth-order valence-electron chi connectivity index (χ4n) is 3.06. The number of nitrogens with one attached hydrogen (secondary N) is 1. The van der Waals surface area contributed by atoms with Crippen LogP contribution in [-0.4, -0.2) is 11.7 Å². The van der Waals surface area contributed by atoms with E-state index in [-0.39, 0.29) is 6.04 Å². The summed E-state index contributed by atoms with van der Waals surface area (Å²) < 4.78 is 0.907. The van der Waals surface area contributed by atoms with Gasteiger partial charge in [-0.15, -0.1) is 0 Å². The molecular formula is C17H17BrClNO. The summed E-state index contributed by atoms with van der Waals surface area (Å²) in [4.78, 5) is 0. The number of hydrogen-bond donors (Lipinski definition) is 2. The topological polar surface area (TPSA) is 32.3 Å². The Balaban J connectivity index is 2.07. The van der Waals surface area contributed by atoms with Crippen molar-refractivity contribution in [2.45, 2.75) is 25.0 Å². The fraction of sp³-hybridized carbons (Fsp3) is 0.294. The van der Waals surface area contributed by atoms with Crippen molar-refractivity contribution in [3.05, 3.63) is 68.7 Å². The van der Waals surface area contributed by atoms with Gasteiger partial charge in [0.05, 0.1) is 6.04 Å². The Labute approximate surface area is 138 Å². The van der Waals surface area contributed by atoms with E-state index in [4.69, 9.17) is 11.6 Å². The molecule has 1 heterocycles. The summed E-state index contributed by atoms with van der Waals surface area (Å²) in [6.45, 7) is 2.67. The molecule has 0 fully saturated rings. The van der Waals surface area contributed by atoms with Gasteiger partial charge >= 0.3 is 0 Å². The van der Waals surface area contributed by atoms with Crippen LogP contribution in [0.1, 0.15) is 29.7 Å². The smallest absolute Gasteiger partial charge is 0.108 e.